The van der Waals surface area contributed by atoms with Gasteiger partial charge in [0.05, 0.1) is 16.6 Å². The van der Waals surface area contributed by atoms with Crippen LogP contribution in [0.4, 0.5) is 0 Å². The zero-order valence-corrected chi connectivity index (χ0v) is 13.3. The van der Waals surface area contributed by atoms with Gasteiger partial charge in [0.1, 0.15) is 17.8 Å². The molecule has 2 aromatic carbocycles. The highest BCUT2D eigenvalue weighted by Crippen LogP contribution is 2.23. The van der Waals surface area contributed by atoms with Gasteiger partial charge in [0.2, 0.25) is 0 Å². The molecule has 4 rings (SSSR count). The summed E-state index contributed by atoms with van der Waals surface area (Å²) >= 11 is 0. The highest BCUT2D eigenvalue weighted by atomic mass is 16.5. The highest BCUT2D eigenvalue weighted by Gasteiger charge is 2.21. The van der Waals surface area contributed by atoms with Gasteiger partial charge in [0.25, 0.3) is 5.91 Å². The molecule has 1 amide bonds. The molecule has 3 aromatic rings. The molecule has 0 radical (unpaired) electrons. The number of carbonyl (C=O) groups excluding carboxylic acids is 1. The number of carbonyl (C=O) groups is 1. The molecule has 0 N–H and O–H groups in total. The second kappa shape index (κ2) is 5.85. The first-order valence-corrected chi connectivity index (χ1v) is 7.88. The van der Waals surface area contributed by atoms with Crippen molar-refractivity contribution in [3.8, 4) is 5.75 Å². The monoisotopic (exact) mass is 319 g/mol. The van der Waals surface area contributed by atoms with Crippen molar-refractivity contribution in [2.75, 3.05) is 6.54 Å². The van der Waals surface area contributed by atoms with Crippen LogP contribution in [0, 0.1) is 0 Å². The molecule has 1 aliphatic rings. The van der Waals surface area contributed by atoms with Crippen LogP contribution >= 0.6 is 0 Å². The topological polar surface area (TPSA) is 47.4 Å². The molecule has 0 atom stereocenters. The van der Waals surface area contributed by atoms with Gasteiger partial charge in [-0.2, -0.15) is 0 Å². The number of hydrogen-bond acceptors (Lipinski definition) is 3. The summed E-state index contributed by atoms with van der Waals surface area (Å²) < 4.78 is 7.58. The molecule has 5 nitrogen and oxygen atoms in total. The van der Waals surface area contributed by atoms with Crippen LogP contribution in [0.2, 0.25) is 0 Å². The van der Waals surface area contributed by atoms with Gasteiger partial charge < -0.3 is 14.2 Å². The van der Waals surface area contributed by atoms with Crippen molar-refractivity contribution >= 4 is 16.9 Å². The third kappa shape index (κ3) is 2.44. The van der Waals surface area contributed by atoms with Gasteiger partial charge in [-0.3, -0.25) is 4.79 Å². The van der Waals surface area contributed by atoms with E-state index in [2.05, 4.69) is 9.55 Å². The van der Waals surface area contributed by atoms with Gasteiger partial charge in [-0.15, -0.1) is 0 Å². The largest absolute Gasteiger partial charge is 0.463 e. The number of imidazole rings is 1. The van der Waals surface area contributed by atoms with Crippen LogP contribution < -0.4 is 4.74 Å². The van der Waals surface area contributed by atoms with Crippen molar-refractivity contribution in [3.05, 3.63) is 72.4 Å². The molecule has 5 heteroatoms. The summed E-state index contributed by atoms with van der Waals surface area (Å²) in [6.07, 6.45) is 3.91. The van der Waals surface area contributed by atoms with Crippen molar-refractivity contribution in [3.63, 3.8) is 0 Å². The van der Waals surface area contributed by atoms with E-state index in [4.69, 9.17) is 4.74 Å². The van der Waals surface area contributed by atoms with Crippen LogP contribution in [-0.2, 0) is 13.5 Å². The summed E-state index contributed by atoms with van der Waals surface area (Å²) in [5.74, 6) is 1.48. The predicted octanol–water partition coefficient (Wildman–Crippen LogP) is 3.12. The zero-order valence-electron chi connectivity index (χ0n) is 13.3. The molecule has 24 heavy (non-hydrogen) atoms. The Morgan fingerprint density at radius 3 is 2.75 bits per heavy atom. The maximum atomic E-state index is 12.7. The second-order valence-corrected chi connectivity index (χ2v) is 5.72. The Kier molecular flexibility index (Phi) is 3.54. The summed E-state index contributed by atoms with van der Waals surface area (Å²) in [6, 6.07) is 15.3. The number of amides is 1. The van der Waals surface area contributed by atoms with E-state index in [0.29, 0.717) is 24.3 Å². The van der Waals surface area contributed by atoms with E-state index in [-0.39, 0.29) is 5.91 Å². The lowest BCUT2D eigenvalue weighted by Crippen LogP contribution is -2.27. The molecule has 120 valence electrons. The van der Waals surface area contributed by atoms with E-state index >= 15 is 0 Å². The highest BCUT2D eigenvalue weighted by molar-refractivity contribution is 5.97. The van der Waals surface area contributed by atoms with Crippen LogP contribution in [0.3, 0.4) is 0 Å². The fraction of sp³-hybridized carbons (Fsp3) is 0.158. The SMILES string of the molecule is Cn1c(CCN2C=COc3ccccc3C2=O)nc2ccccc21. The third-order valence-electron chi connectivity index (χ3n) is 4.27. The Hall–Kier alpha value is -3.08. The number of benzene rings is 2. The number of hydrogen-bond donors (Lipinski definition) is 0. The third-order valence-corrected chi connectivity index (χ3v) is 4.27. The number of aryl methyl sites for hydroxylation is 1. The standard InChI is InChI=1S/C19H17N3O2/c1-21-16-8-4-3-7-15(16)20-18(21)10-11-22-12-13-24-17-9-5-2-6-14(17)19(22)23/h2-9,12-13H,10-11H2,1H3. The molecule has 1 aromatic heterocycles. The lowest BCUT2D eigenvalue weighted by molar-refractivity contribution is 0.0824. The molecule has 0 fully saturated rings. The Balaban J connectivity index is 1.57. The average Bonchev–Trinajstić information content (AvgIpc) is 2.84. The normalized spacial score (nSPS) is 13.7. The van der Waals surface area contributed by atoms with Crippen LogP contribution in [0.25, 0.3) is 11.0 Å². The Bertz CT molecular complexity index is 943. The van der Waals surface area contributed by atoms with E-state index in [9.17, 15) is 4.79 Å². The Morgan fingerprint density at radius 1 is 1.08 bits per heavy atom. The number of aromatic nitrogens is 2. The van der Waals surface area contributed by atoms with E-state index in [1.54, 1.807) is 29.5 Å². The molecule has 0 saturated heterocycles. The fourth-order valence-corrected chi connectivity index (χ4v) is 2.96. The Morgan fingerprint density at radius 2 is 1.88 bits per heavy atom. The molecular formula is C19H17N3O2. The quantitative estimate of drug-likeness (QED) is 0.745. The van der Waals surface area contributed by atoms with Crippen molar-refractivity contribution in [1.82, 2.24) is 14.5 Å². The van der Waals surface area contributed by atoms with Gasteiger partial charge in [-0.25, -0.2) is 4.98 Å². The second-order valence-electron chi connectivity index (χ2n) is 5.72. The lowest BCUT2D eigenvalue weighted by atomic mass is 10.1. The molecule has 0 spiro atoms. The first-order valence-electron chi connectivity index (χ1n) is 7.88. The minimum Gasteiger partial charge on any atom is -0.463 e. The van der Waals surface area contributed by atoms with Crippen molar-refractivity contribution in [2.24, 2.45) is 7.05 Å². The number of rotatable bonds is 3. The average molecular weight is 319 g/mol. The number of para-hydroxylation sites is 3. The first-order chi connectivity index (χ1) is 11.7. The Labute approximate surface area is 139 Å². The molecule has 0 bridgehead atoms. The van der Waals surface area contributed by atoms with Crippen LogP contribution in [0.15, 0.2) is 61.0 Å². The minimum absolute atomic E-state index is 0.0573. The van der Waals surface area contributed by atoms with Gasteiger partial charge >= 0.3 is 0 Å². The summed E-state index contributed by atoms with van der Waals surface area (Å²) in [6.45, 7) is 0.546. The summed E-state index contributed by atoms with van der Waals surface area (Å²) in [5.41, 5.74) is 2.65. The molecule has 1 aliphatic heterocycles. The lowest BCUT2D eigenvalue weighted by Gasteiger charge is -2.16. The van der Waals surface area contributed by atoms with Crippen LogP contribution in [0.5, 0.6) is 5.75 Å². The fourth-order valence-electron chi connectivity index (χ4n) is 2.96. The van der Waals surface area contributed by atoms with E-state index < -0.39 is 0 Å². The summed E-state index contributed by atoms with van der Waals surface area (Å²) in [5, 5.41) is 0. The summed E-state index contributed by atoms with van der Waals surface area (Å²) in [7, 11) is 2.00. The number of ether oxygens (including phenoxy) is 1. The van der Waals surface area contributed by atoms with Crippen molar-refractivity contribution in [2.45, 2.75) is 6.42 Å². The molecule has 2 heterocycles. The van der Waals surface area contributed by atoms with Gasteiger partial charge in [0, 0.05) is 26.2 Å². The summed E-state index contributed by atoms with van der Waals surface area (Å²) in [4.78, 5) is 19.0. The van der Waals surface area contributed by atoms with Crippen LogP contribution in [0.1, 0.15) is 16.2 Å². The van der Waals surface area contributed by atoms with Gasteiger partial charge in [-0.05, 0) is 24.3 Å². The molecule has 0 aliphatic carbocycles. The minimum atomic E-state index is -0.0573. The zero-order chi connectivity index (χ0) is 16.5. The van der Waals surface area contributed by atoms with Crippen molar-refractivity contribution in [1.29, 1.82) is 0 Å². The molecular weight excluding hydrogens is 302 g/mol. The van der Waals surface area contributed by atoms with Gasteiger partial charge in [-0.1, -0.05) is 24.3 Å². The molecule has 0 unspecified atom stereocenters. The first kappa shape index (κ1) is 14.5. The number of nitrogens with zero attached hydrogens (tertiary/aromatic N) is 3. The van der Waals surface area contributed by atoms with E-state index in [0.717, 1.165) is 16.9 Å². The smallest absolute Gasteiger partial charge is 0.261 e. The number of fused-ring (bicyclic) bond motifs is 2. The van der Waals surface area contributed by atoms with Crippen LogP contribution in [-0.4, -0.2) is 26.9 Å². The maximum Gasteiger partial charge on any atom is 0.261 e. The van der Waals surface area contributed by atoms with Gasteiger partial charge in [0.15, 0.2) is 0 Å². The predicted molar refractivity (Wildman–Crippen MR) is 91.7 cm³/mol. The van der Waals surface area contributed by atoms with E-state index in [1.807, 2.05) is 43.4 Å². The maximum absolute atomic E-state index is 12.7. The van der Waals surface area contributed by atoms with E-state index in [1.165, 1.54) is 0 Å². The van der Waals surface area contributed by atoms with Crippen molar-refractivity contribution < 1.29 is 9.53 Å². The molecule has 0 saturated carbocycles.